The number of aliphatic hydroxyl groups excluding tert-OH is 1. The van der Waals surface area contributed by atoms with Crippen molar-refractivity contribution in [3.8, 4) is 0 Å². The minimum Gasteiger partial charge on any atom is -0.457 e. The zero-order valence-corrected chi connectivity index (χ0v) is 16.1. The van der Waals surface area contributed by atoms with Gasteiger partial charge in [-0.15, -0.1) is 0 Å². The molecule has 1 fully saturated rings. The zero-order chi connectivity index (χ0) is 19.9. The second-order valence-electron chi connectivity index (χ2n) is 6.83. The van der Waals surface area contributed by atoms with Crippen molar-refractivity contribution in [1.82, 2.24) is 0 Å². The molecule has 0 saturated carbocycles. The summed E-state index contributed by atoms with van der Waals surface area (Å²) in [5.41, 5.74) is 1.93. The van der Waals surface area contributed by atoms with Crippen LogP contribution >= 0.6 is 0 Å². The molecule has 0 aromatic heterocycles. The molecule has 0 unspecified atom stereocenters. The van der Waals surface area contributed by atoms with E-state index < -0.39 is 36.7 Å². The predicted molar refractivity (Wildman–Crippen MR) is 102 cm³/mol. The van der Waals surface area contributed by atoms with Crippen LogP contribution < -0.4 is 0 Å². The molecule has 6 heteroatoms. The summed E-state index contributed by atoms with van der Waals surface area (Å²) in [4.78, 5) is 11.7. The Kier molecular flexibility index (Phi) is 7.17. The summed E-state index contributed by atoms with van der Waals surface area (Å²) in [7, 11) is 0. The fourth-order valence-electron chi connectivity index (χ4n) is 3.26. The van der Waals surface area contributed by atoms with Crippen molar-refractivity contribution in [1.29, 1.82) is 0 Å². The monoisotopic (exact) mass is 386 g/mol. The molecule has 1 aliphatic heterocycles. The van der Waals surface area contributed by atoms with Crippen LogP contribution in [0.25, 0.3) is 0 Å². The molecule has 0 amide bonds. The average Bonchev–Trinajstić information content (AvgIpc) is 2.68. The van der Waals surface area contributed by atoms with Gasteiger partial charge in [-0.05, 0) is 18.1 Å². The fraction of sp³-hybridized carbons (Fsp3) is 0.409. The molecule has 1 heterocycles. The Morgan fingerprint density at radius 1 is 0.893 bits per heavy atom. The Hall–Kier alpha value is -2.25. The first-order valence-corrected chi connectivity index (χ1v) is 9.36. The highest BCUT2D eigenvalue weighted by Gasteiger charge is 2.47. The number of esters is 1. The van der Waals surface area contributed by atoms with Crippen LogP contribution in [-0.4, -0.2) is 41.8 Å². The molecule has 2 aromatic carbocycles. The summed E-state index contributed by atoms with van der Waals surface area (Å²) >= 11 is 0. The van der Waals surface area contributed by atoms with Gasteiger partial charge in [0.1, 0.15) is 12.2 Å². The molecule has 1 saturated heterocycles. The highest BCUT2D eigenvalue weighted by atomic mass is 16.7. The molecular weight excluding hydrogens is 360 g/mol. The Morgan fingerprint density at radius 2 is 1.39 bits per heavy atom. The number of rotatable bonds is 7. The lowest BCUT2D eigenvalue weighted by atomic mass is 9.99. The quantitative estimate of drug-likeness (QED) is 0.738. The van der Waals surface area contributed by atoms with E-state index in [1.54, 1.807) is 6.92 Å². The Bertz CT molecular complexity index is 680. The third-order valence-corrected chi connectivity index (χ3v) is 4.62. The van der Waals surface area contributed by atoms with E-state index in [1.807, 2.05) is 60.7 Å². The molecule has 5 atom stereocenters. The number of ether oxygens (including phenoxy) is 4. The van der Waals surface area contributed by atoms with Crippen molar-refractivity contribution in [2.45, 2.75) is 57.8 Å². The van der Waals surface area contributed by atoms with E-state index in [1.165, 1.54) is 6.92 Å². The summed E-state index contributed by atoms with van der Waals surface area (Å²) in [6.07, 6.45) is -3.92. The largest absolute Gasteiger partial charge is 0.457 e. The summed E-state index contributed by atoms with van der Waals surface area (Å²) in [5, 5.41) is 10.4. The van der Waals surface area contributed by atoms with Crippen molar-refractivity contribution >= 4 is 5.97 Å². The highest BCUT2D eigenvalue weighted by molar-refractivity contribution is 5.66. The summed E-state index contributed by atoms with van der Waals surface area (Å²) in [5.74, 6) is -0.465. The molecule has 0 aliphatic carbocycles. The first-order valence-electron chi connectivity index (χ1n) is 9.36. The first kappa shape index (κ1) is 20.5. The van der Waals surface area contributed by atoms with Crippen LogP contribution in [-0.2, 0) is 37.0 Å². The predicted octanol–water partition coefficient (Wildman–Crippen LogP) is 2.83. The van der Waals surface area contributed by atoms with Crippen molar-refractivity contribution in [2.24, 2.45) is 0 Å². The van der Waals surface area contributed by atoms with Gasteiger partial charge in [-0.1, -0.05) is 60.7 Å². The highest BCUT2D eigenvalue weighted by Crippen LogP contribution is 2.28. The van der Waals surface area contributed by atoms with Crippen molar-refractivity contribution in [3.05, 3.63) is 71.8 Å². The molecule has 6 nitrogen and oxygen atoms in total. The minimum absolute atomic E-state index is 0.253. The van der Waals surface area contributed by atoms with Crippen LogP contribution in [0.3, 0.4) is 0 Å². The first-order chi connectivity index (χ1) is 13.5. The molecule has 1 aliphatic rings. The van der Waals surface area contributed by atoms with E-state index in [0.29, 0.717) is 6.61 Å². The number of aliphatic hydroxyl groups is 1. The molecule has 3 rings (SSSR count). The number of carbonyl (C=O) groups is 1. The normalized spacial score (nSPS) is 27.3. The maximum atomic E-state index is 11.7. The Balaban J connectivity index is 1.73. The second-order valence-corrected chi connectivity index (χ2v) is 6.83. The van der Waals surface area contributed by atoms with Crippen molar-refractivity contribution in [3.63, 3.8) is 0 Å². The van der Waals surface area contributed by atoms with Crippen LogP contribution in [0.5, 0.6) is 0 Å². The zero-order valence-electron chi connectivity index (χ0n) is 16.1. The second kappa shape index (κ2) is 9.80. The lowest BCUT2D eigenvalue weighted by molar-refractivity contribution is -0.301. The Morgan fingerprint density at radius 3 is 1.89 bits per heavy atom. The van der Waals surface area contributed by atoms with Gasteiger partial charge < -0.3 is 24.1 Å². The summed E-state index contributed by atoms with van der Waals surface area (Å²) in [6.45, 7) is 3.69. The average molecular weight is 386 g/mol. The molecule has 0 radical (unpaired) electrons. The molecule has 28 heavy (non-hydrogen) atoms. The van der Waals surface area contributed by atoms with Gasteiger partial charge in [-0.2, -0.15) is 0 Å². The maximum Gasteiger partial charge on any atom is 0.303 e. The number of hydrogen-bond donors (Lipinski definition) is 1. The third-order valence-electron chi connectivity index (χ3n) is 4.62. The molecule has 0 bridgehead atoms. The van der Waals surface area contributed by atoms with Gasteiger partial charge in [0.15, 0.2) is 12.4 Å². The van der Waals surface area contributed by atoms with Gasteiger partial charge in [0.05, 0.1) is 19.3 Å². The summed E-state index contributed by atoms with van der Waals surface area (Å²) < 4.78 is 23.0. The van der Waals surface area contributed by atoms with Crippen LogP contribution in [0.4, 0.5) is 0 Å². The third kappa shape index (κ3) is 5.39. The van der Waals surface area contributed by atoms with Gasteiger partial charge in [0, 0.05) is 6.92 Å². The molecular formula is C22H26O6. The fourth-order valence-corrected chi connectivity index (χ4v) is 3.26. The van der Waals surface area contributed by atoms with Gasteiger partial charge in [-0.25, -0.2) is 0 Å². The smallest absolute Gasteiger partial charge is 0.303 e. The van der Waals surface area contributed by atoms with Crippen LogP contribution in [0.2, 0.25) is 0 Å². The number of hydrogen-bond acceptors (Lipinski definition) is 6. The van der Waals surface area contributed by atoms with Gasteiger partial charge in [-0.3, -0.25) is 4.79 Å². The summed E-state index contributed by atoms with van der Waals surface area (Å²) in [6, 6.07) is 19.3. The van der Waals surface area contributed by atoms with E-state index in [-0.39, 0.29) is 6.61 Å². The topological polar surface area (TPSA) is 74.2 Å². The van der Waals surface area contributed by atoms with Gasteiger partial charge in [0.2, 0.25) is 0 Å². The van der Waals surface area contributed by atoms with E-state index in [0.717, 1.165) is 11.1 Å². The lowest BCUT2D eigenvalue weighted by Gasteiger charge is -2.42. The van der Waals surface area contributed by atoms with E-state index in [4.69, 9.17) is 18.9 Å². The number of carbonyl (C=O) groups excluding carboxylic acids is 1. The van der Waals surface area contributed by atoms with Crippen LogP contribution in [0.1, 0.15) is 25.0 Å². The van der Waals surface area contributed by atoms with Gasteiger partial charge >= 0.3 is 5.97 Å². The molecule has 1 N–H and O–H groups in total. The van der Waals surface area contributed by atoms with Crippen molar-refractivity contribution < 1.29 is 28.8 Å². The van der Waals surface area contributed by atoms with Crippen molar-refractivity contribution in [2.75, 3.05) is 0 Å². The van der Waals surface area contributed by atoms with Gasteiger partial charge in [0.25, 0.3) is 0 Å². The van der Waals surface area contributed by atoms with E-state index in [2.05, 4.69) is 0 Å². The molecule has 2 aromatic rings. The van der Waals surface area contributed by atoms with E-state index >= 15 is 0 Å². The maximum absolute atomic E-state index is 11.7. The van der Waals surface area contributed by atoms with E-state index in [9.17, 15) is 9.90 Å². The Labute approximate surface area is 165 Å². The standard InChI is InChI=1S/C22H26O6/c1-15-19(25-13-17-9-5-3-6-10-17)20(28-16(2)23)21(22(24)27-15)26-14-18-11-7-4-8-12-18/h3-12,15,19-22,24H,13-14H2,1-2H3/t15-,19-,20+,21+,22+/m1/s1. The SMILES string of the molecule is CC(=O)O[C@H]1[C@H](OCc2ccccc2)[C@@H](C)O[C@H](O)[C@H]1OCc1ccccc1. The molecule has 0 spiro atoms. The van der Waals surface area contributed by atoms with Crippen LogP contribution in [0, 0.1) is 0 Å². The lowest BCUT2D eigenvalue weighted by Crippen LogP contribution is -2.59. The van der Waals surface area contributed by atoms with Crippen LogP contribution in [0.15, 0.2) is 60.7 Å². The minimum atomic E-state index is -1.22. The molecule has 150 valence electrons. The number of benzene rings is 2.